The number of carbonyl (C=O) groups excluding carboxylic acids is 3. The van der Waals surface area contributed by atoms with Crippen molar-refractivity contribution >= 4 is 81.0 Å². The highest BCUT2D eigenvalue weighted by Gasteiger charge is 2.54. The maximum absolute atomic E-state index is 13.2. The molecular weight excluding hydrogens is 605 g/mol. The summed E-state index contributed by atoms with van der Waals surface area (Å²) in [7, 11) is 0. The van der Waals surface area contributed by atoms with Crippen LogP contribution < -0.4 is 11.1 Å². The molecule has 214 valence electrons. The number of carboxylic acid groups (broad SMARTS) is 1. The molecule has 2 aromatic rings. The Morgan fingerprint density at radius 3 is 2.73 bits per heavy atom. The van der Waals surface area contributed by atoms with Gasteiger partial charge < -0.3 is 25.7 Å². The first-order chi connectivity index (χ1) is 18.9. The zero-order valence-electron chi connectivity index (χ0n) is 21.5. The van der Waals surface area contributed by atoms with Gasteiger partial charge in [-0.05, 0) is 33.3 Å². The minimum atomic E-state index is -1.25. The Kier molecular flexibility index (Phi) is 8.96. The number of β-lactam (4-membered cyclic amide) rings is 1. The van der Waals surface area contributed by atoms with E-state index in [1.165, 1.54) is 41.8 Å². The Morgan fingerprint density at radius 1 is 1.38 bits per heavy atom. The molecule has 4 N–H and O–H groups in total. The topological polar surface area (TPSA) is 212 Å². The largest absolute Gasteiger partial charge is 0.477 e. The summed E-state index contributed by atoms with van der Waals surface area (Å²) >= 11 is 4.78. The van der Waals surface area contributed by atoms with E-state index in [0.717, 1.165) is 16.4 Å². The lowest BCUT2D eigenvalue weighted by atomic mass is 10.0. The molecule has 0 aliphatic carbocycles. The van der Waals surface area contributed by atoms with Crippen LogP contribution in [0.3, 0.4) is 0 Å². The molecule has 2 amide bonds. The summed E-state index contributed by atoms with van der Waals surface area (Å²) in [6.07, 6.45) is -1.17. The number of nitrogens with zero attached hydrogens (tertiary/aromatic N) is 6. The van der Waals surface area contributed by atoms with Gasteiger partial charge in [-0.15, -0.1) is 22.0 Å². The molecule has 2 unspecified atom stereocenters. The molecule has 4 rings (SSSR count). The van der Waals surface area contributed by atoms with E-state index in [4.69, 9.17) is 15.3 Å². The molecule has 0 spiro atoms. The second kappa shape index (κ2) is 12.1. The van der Waals surface area contributed by atoms with E-state index in [0.29, 0.717) is 21.4 Å². The quantitative estimate of drug-likeness (QED) is 0.110. The van der Waals surface area contributed by atoms with E-state index in [2.05, 4.69) is 30.0 Å². The normalized spacial score (nSPS) is 19.9. The van der Waals surface area contributed by atoms with Gasteiger partial charge in [-0.2, -0.15) is 9.36 Å². The number of carboxylic acids is 1. The van der Waals surface area contributed by atoms with Crippen molar-refractivity contribution < 1.29 is 33.9 Å². The lowest BCUT2D eigenvalue weighted by Crippen LogP contribution is -2.71. The van der Waals surface area contributed by atoms with Crippen molar-refractivity contribution in [1.82, 2.24) is 29.8 Å². The van der Waals surface area contributed by atoms with Crippen LogP contribution in [-0.2, 0) is 28.8 Å². The Hall–Kier alpha value is -3.29. The van der Waals surface area contributed by atoms with E-state index in [1.54, 1.807) is 26.3 Å². The predicted octanol–water partition coefficient (Wildman–Crippen LogP) is 0.954. The number of hydrogen-bond donors (Lipinski definition) is 3. The first kappa shape index (κ1) is 29.7. The number of esters is 1. The van der Waals surface area contributed by atoms with Crippen molar-refractivity contribution in [3.05, 3.63) is 22.6 Å². The maximum atomic E-state index is 13.2. The third-order valence-corrected chi connectivity index (χ3v) is 8.98. The van der Waals surface area contributed by atoms with Gasteiger partial charge in [0.05, 0.1) is 0 Å². The molecule has 40 heavy (non-hydrogen) atoms. The van der Waals surface area contributed by atoms with Crippen LogP contribution in [0.5, 0.6) is 0 Å². The third-order valence-electron chi connectivity index (χ3n) is 5.16. The Labute approximate surface area is 244 Å². The molecule has 0 saturated carbocycles. The van der Waals surface area contributed by atoms with E-state index >= 15 is 0 Å². The second-order valence-electron chi connectivity index (χ2n) is 9.29. The fourth-order valence-corrected chi connectivity index (χ4v) is 6.86. The van der Waals surface area contributed by atoms with Crippen LogP contribution in [0.2, 0.25) is 0 Å². The highest BCUT2D eigenvalue weighted by atomic mass is 32.2. The number of aromatic nitrogens is 4. The summed E-state index contributed by atoms with van der Waals surface area (Å²) < 4.78 is 9.90. The number of nitrogens with two attached hydrogens (primary N) is 1. The zero-order chi connectivity index (χ0) is 29.2. The summed E-state index contributed by atoms with van der Waals surface area (Å²) in [6, 6.07) is -1.05. The van der Waals surface area contributed by atoms with Crippen molar-refractivity contribution in [3.8, 4) is 0 Å². The van der Waals surface area contributed by atoms with Gasteiger partial charge in [-0.25, -0.2) is 9.59 Å². The van der Waals surface area contributed by atoms with Crippen molar-refractivity contribution in [3.63, 3.8) is 0 Å². The highest BCUT2D eigenvalue weighted by Crippen LogP contribution is 2.41. The third kappa shape index (κ3) is 6.70. The van der Waals surface area contributed by atoms with Crippen molar-refractivity contribution in [2.45, 2.75) is 55.2 Å². The van der Waals surface area contributed by atoms with Gasteiger partial charge in [0.15, 0.2) is 9.47 Å². The minimum Gasteiger partial charge on any atom is -0.477 e. The van der Waals surface area contributed by atoms with Crippen LogP contribution >= 0.6 is 46.4 Å². The number of nitrogen functional groups attached to an aromatic ring is 1. The van der Waals surface area contributed by atoms with Crippen LogP contribution in [0.1, 0.15) is 33.5 Å². The van der Waals surface area contributed by atoms with Crippen molar-refractivity contribution in [1.29, 1.82) is 0 Å². The fraction of sp³-hybridized carbons (Fsp3) is 0.476. The van der Waals surface area contributed by atoms with Gasteiger partial charge in [0.25, 0.3) is 11.8 Å². The van der Waals surface area contributed by atoms with Gasteiger partial charge in [-0.3, -0.25) is 14.5 Å². The van der Waals surface area contributed by atoms with Gasteiger partial charge in [0, 0.05) is 23.0 Å². The van der Waals surface area contributed by atoms with E-state index < -0.39 is 52.6 Å². The average molecular weight is 629 g/mol. The second-order valence-corrected chi connectivity index (χ2v) is 13.2. The number of carbonyl (C=O) groups is 4. The lowest BCUT2D eigenvalue weighted by Gasteiger charge is -2.49. The molecule has 2 aliphatic rings. The lowest BCUT2D eigenvalue weighted by molar-refractivity contribution is -0.167. The summed E-state index contributed by atoms with van der Waals surface area (Å²) in [5, 5.41) is 23.3. The SMILES string of the molecule is CC(ON=C(C(=O)NC1C(=O)N2C(C(=O)O)=C(CSc3nncs3)CS[C@H]12)c1nsc(N)n1)C(=O)OC(C)(C)C. The standard InChI is InChI=1S/C21H24N8O7S4/c1-8(18(34)35-21(2,3)4)36-27-10(13-25-19(22)40-28-13)14(30)24-11-15(31)29-12(17(32)33)9(5-37-16(11)29)6-38-20-26-23-7-39-20/h7-8,11,16H,5-6H2,1-4H3,(H,24,30)(H,32,33)(H2,22,25,28)/t8?,11?,16-/m1/s1. The summed E-state index contributed by atoms with van der Waals surface area (Å²) in [4.78, 5) is 61.0. The van der Waals surface area contributed by atoms with Gasteiger partial charge >= 0.3 is 11.9 Å². The Balaban J connectivity index is 1.48. The number of amides is 2. The Morgan fingerprint density at radius 2 is 2.12 bits per heavy atom. The fourth-order valence-electron chi connectivity index (χ4n) is 3.45. The average Bonchev–Trinajstić information content (AvgIpc) is 3.56. The number of aliphatic carboxylic acids is 1. The number of nitrogens with one attached hydrogen (secondary N) is 1. The molecule has 1 fully saturated rings. The molecular formula is C21H24N8O7S4. The molecule has 2 aromatic heterocycles. The molecule has 0 aromatic carbocycles. The summed E-state index contributed by atoms with van der Waals surface area (Å²) in [6.45, 7) is 6.46. The molecule has 4 heterocycles. The number of rotatable bonds is 10. The monoisotopic (exact) mass is 628 g/mol. The van der Waals surface area contributed by atoms with Crippen LogP contribution in [0.25, 0.3) is 0 Å². The number of oxime groups is 1. The van der Waals surface area contributed by atoms with E-state index in [9.17, 15) is 24.3 Å². The molecule has 3 atom stereocenters. The van der Waals surface area contributed by atoms with Crippen molar-refractivity contribution in [2.75, 3.05) is 17.2 Å². The van der Waals surface area contributed by atoms with Crippen LogP contribution in [0, 0.1) is 0 Å². The smallest absolute Gasteiger partial charge is 0.352 e. The minimum absolute atomic E-state index is 0.0552. The molecule has 2 aliphatic heterocycles. The molecule has 19 heteroatoms. The molecule has 1 saturated heterocycles. The van der Waals surface area contributed by atoms with Crippen LogP contribution in [-0.4, -0.2) is 93.7 Å². The summed E-state index contributed by atoms with van der Waals surface area (Å²) in [5.74, 6) is -2.95. The predicted molar refractivity (Wildman–Crippen MR) is 148 cm³/mol. The van der Waals surface area contributed by atoms with Gasteiger partial charge in [-0.1, -0.05) is 28.3 Å². The van der Waals surface area contributed by atoms with Crippen LogP contribution in [0.15, 0.2) is 26.3 Å². The Bertz CT molecular complexity index is 1370. The number of ether oxygens (including phenoxy) is 1. The molecule has 0 radical (unpaired) electrons. The number of thioether (sulfide) groups is 2. The molecule has 15 nitrogen and oxygen atoms in total. The summed E-state index contributed by atoms with van der Waals surface area (Å²) in [5.41, 5.74) is 6.49. The van der Waals surface area contributed by atoms with Gasteiger partial charge in [0.1, 0.15) is 28.2 Å². The zero-order valence-corrected chi connectivity index (χ0v) is 24.8. The van der Waals surface area contributed by atoms with Gasteiger partial charge in [0.2, 0.25) is 17.6 Å². The highest BCUT2D eigenvalue weighted by molar-refractivity contribution is 8.01. The number of anilines is 1. The number of hydrogen-bond acceptors (Lipinski definition) is 16. The number of fused-ring (bicyclic) bond motifs is 1. The molecule has 0 bridgehead atoms. The first-order valence-electron chi connectivity index (χ1n) is 11.5. The maximum Gasteiger partial charge on any atom is 0.352 e. The van der Waals surface area contributed by atoms with Crippen molar-refractivity contribution in [2.24, 2.45) is 5.16 Å². The van der Waals surface area contributed by atoms with E-state index in [1.807, 2.05) is 0 Å². The first-order valence-corrected chi connectivity index (χ1v) is 15.2. The van der Waals surface area contributed by atoms with E-state index in [-0.39, 0.29) is 16.7 Å². The van der Waals surface area contributed by atoms with Crippen LogP contribution in [0.4, 0.5) is 5.13 Å².